The molecule has 13 heavy (non-hydrogen) atoms. The summed E-state index contributed by atoms with van der Waals surface area (Å²) in [5.74, 6) is 2.14. The number of hydrogen-bond donors (Lipinski definition) is 1. The van der Waals surface area contributed by atoms with Crippen molar-refractivity contribution in [2.45, 2.75) is 19.8 Å². The van der Waals surface area contributed by atoms with Crippen molar-refractivity contribution in [3.8, 4) is 0 Å². The lowest BCUT2D eigenvalue weighted by atomic mass is 10.1. The molecule has 0 aromatic rings. The Morgan fingerprint density at radius 1 is 1.69 bits per heavy atom. The first kappa shape index (κ1) is 9.06. The number of thioether (sulfide) groups is 1. The Labute approximate surface area is 83.1 Å². The standard InChI is InChI=1S/C9H15N3S/c1-2-7-3-4-12(5-7)9-11-8(10)6-13-9/h7,10H,2-6H2,1H3. The number of hydrogen-bond acceptors (Lipinski definition) is 3. The van der Waals surface area contributed by atoms with Crippen LogP contribution < -0.4 is 0 Å². The van der Waals surface area contributed by atoms with Crippen molar-refractivity contribution < 1.29 is 0 Å². The van der Waals surface area contributed by atoms with E-state index in [-0.39, 0.29) is 0 Å². The molecule has 1 unspecified atom stereocenters. The molecule has 3 nitrogen and oxygen atoms in total. The van der Waals surface area contributed by atoms with Crippen molar-refractivity contribution in [3.63, 3.8) is 0 Å². The van der Waals surface area contributed by atoms with Gasteiger partial charge in [0.2, 0.25) is 0 Å². The monoisotopic (exact) mass is 197 g/mol. The fourth-order valence-corrected chi connectivity index (χ4v) is 2.67. The van der Waals surface area contributed by atoms with Crippen molar-refractivity contribution in [1.82, 2.24) is 4.90 Å². The van der Waals surface area contributed by atoms with Crippen LogP contribution in [0, 0.1) is 11.3 Å². The molecule has 0 aromatic carbocycles. The van der Waals surface area contributed by atoms with Gasteiger partial charge in [-0.15, -0.1) is 0 Å². The second kappa shape index (κ2) is 3.70. The van der Waals surface area contributed by atoms with Gasteiger partial charge in [0.15, 0.2) is 5.17 Å². The molecule has 1 N–H and O–H groups in total. The first-order valence-electron chi connectivity index (χ1n) is 4.83. The topological polar surface area (TPSA) is 39.5 Å². The highest BCUT2D eigenvalue weighted by molar-refractivity contribution is 8.14. The van der Waals surface area contributed by atoms with Crippen LogP contribution in [0.3, 0.4) is 0 Å². The van der Waals surface area contributed by atoms with Crippen molar-refractivity contribution in [2.75, 3.05) is 18.8 Å². The van der Waals surface area contributed by atoms with Crippen LogP contribution in [-0.4, -0.2) is 34.7 Å². The van der Waals surface area contributed by atoms with Gasteiger partial charge < -0.3 is 4.90 Å². The molecule has 1 atom stereocenters. The maximum absolute atomic E-state index is 7.40. The molecule has 0 aromatic heterocycles. The van der Waals surface area contributed by atoms with Gasteiger partial charge >= 0.3 is 0 Å². The van der Waals surface area contributed by atoms with E-state index in [1.807, 2.05) is 0 Å². The SMILES string of the molecule is CCC1CCN(C2=NC(=N)CS2)C1. The summed E-state index contributed by atoms with van der Waals surface area (Å²) in [6.45, 7) is 4.53. The highest BCUT2D eigenvalue weighted by atomic mass is 32.2. The van der Waals surface area contributed by atoms with E-state index in [0.29, 0.717) is 5.84 Å². The minimum atomic E-state index is 0.528. The van der Waals surface area contributed by atoms with E-state index < -0.39 is 0 Å². The maximum Gasteiger partial charge on any atom is 0.166 e. The largest absolute Gasteiger partial charge is 0.351 e. The minimum absolute atomic E-state index is 0.528. The highest BCUT2D eigenvalue weighted by Crippen LogP contribution is 2.25. The molecule has 2 aliphatic heterocycles. The summed E-state index contributed by atoms with van der Waals surface area (Å²) in [5, 5.41) is 8.49. The average Bonchev–Trinajstić information content (AvgIpc) is 2.71. The normalized spacial score (nSPS) is 28.4. The van der Waals surface area contributed by atoms with Crippen molar-refractivity contribution >= 4 is 22.8 Å². The minimum Gasteiger partial charge on any atom is -0.351 e. The van der Waals surface area contributed by atoms with Crippen LogP contribution >= 0.6 is 11.8 Å². The van der Waals surface area contributed by atoms with E-state index in [9.17, 15) is 0 Å². The highest BCUT2D eigenvalue weighted by Gasteiger charge is 2.26. The molecule has 2 rings (SSSR count). The van der Waals surface area contributed by atoms with Crippen LogP contribution in [0.2, 0.25) is 0 Å². The maximum atomic E-state index is 7.40. The summed E-state index contributed by atoms with van der Waals surface area (Å²) in [4.78, 5) is 6.56. The Bertz CT molecular complexity index is 249. The lowest BCUT2D eigenvalue weighted by Gasteiger charge is -2.16. The quantitative estimate of drug-likeness (QED) is 0.696. The third-order valence-electron chi connectivity index (χ3n) is 2.70. The van der Waals surface area contributed by atoms with E-state index in [1.165, 1.54) is 12.8 Å². The number of nitrogens with zero attached hydrogens (tertiary/aromatic N) is 2. The lowest BCUT2D eigenvalue weighted by Crippen LogP contribution is -2.25. The molecule has 1 saturated heterocycles. The van der Waals surface area contributed by atoms with Crippen LogP contribution in [0.4, 0.5) is 0 Å². The third kappa shape index (κ3) is 1.88. The average molecular weight is 197 g/mol. The summed E-state index contributed by atoms with van der Waals surface area (Å²) in [6.07, 6.45) is 2.56. The Morgan fingerprint density at radius 3 is 3.08 bits per heavy atom. The van der Waals surface area contributed by atoms with E-state index in [2.05, 4.69) is 16.8 Å². The Morgan fingerprint density at radius 2 is 2.54 bits per heavy atom. The molecule has 4 heteroatoms. The van der Waals surface area contributed by atoms with Crippen molar-refractivity contribution in [2.24, 2.45) is 10.9 Å². The zero-order chi connectivity index (χ0) is 9.26. The van der Waals surface area contributed by atoms with Gasteiger partial charge in [-0.3, -0.25) is 5.41 Å². The van der Waals surface area contributed by atoms with E-state index in [1.54, 1.807) is 11.8 Å². The summed E-state index contributed by atoms with van der Waals surface area (Å²) >= 11 is 1.71. The molecule has 0 amide bonds. The van der Waals surface area contributed by atoms with Crippen LogP contribution in [0.5, 0.6) is 0 Å². The second-order valence-electron chi connectivity index (χ2n) is 3.64. The molecule has 1 fully saturated rings. The van der Waals surface area contributed by atoms with E-state index in [0.717, 1.165) is 29.9 Å². The van der Waals surface area contributed by atoms with E-state index >= 15 is 0 Å². The molecule has 2 aliphatic rings. The molecule has 0 spiro atoms. The van der Waals surface area contributed by atoms with Crippen LogP contribution in [0.15, 0.2) is 4.99 Å². The van der Waals surface area contributed by atoms with Gasteiger partial charge in [0.25, 0.3) is 0 Å². The zero-order valence-electron chi connectivity index (χ0n) is 7.92. The smallest absolute Gasteiger partial charge is 0.166 e. The first-order chi connectivity index (χ1) is 6.29. The van der Waals surface area contributed by atoms with E-state index in [4.69, 9.17) is 5.41 Å². The molecular weight excluding hydrogens is 182 g/mol. The first-order valence-corrected chi connectivity index (χ1v) is 5.82. The lowest BCUT2D eigenvalue weighted by molar-refractivity contribution is 0.480. The van der Waals surface area contributed by atoms with Crippen LogP contribution in [-0.2, 0) is 0 Å². The molecule has 72 valence electrons. The van der Waals surface area contributed by atoms with Crippen LogP contribution in [0.25, 0.3) is 0 Å². The zero-order valence-corrected chi connectivity index (χ0v) is 8.73. The number of amidine groups is 2. The fourth-order valence-electron chi connectivity index (χ4n) is 1.81. The van der Waals surface area contributed by atoms with Gasteiger partial charge in [-0.2, -0.15) is 0 Å². The molecule has 0 radical (unpaired) electrons. The molecule has 2 heterocycles. The number of nitrogens with one attached hydrogen (secondary N) is 1. The summed E-state index contributed by atoms with van der Waals surface area (Å²) in [6, 6.07) is 0. The predicted molar refractivity (Wildman–Crippen MR) is 57.6 cm³/mol. The predicted octanol–water partition coefficient (Wildman–Crippen LogP) is 1.80. The number of rotatable bonds is 1. The molecule has 0 bridgehead atoms. The molecular formula is C9H15N3S. The number of aliphatic imine (C=N–C) groups is 1. The van der Waals surface area contributed by atoms with Gasteiger partial charge in [0, 0.05) is 13.1 Å². The Hall–Kier alpha value is -0.510. The van der Waals surface area contributed by atoms with Crippen molar-refractivity contribution in [3.05, 3.63) is 0 Å². The van der Waals surface area contributed by atoms with Crippen LogP contribution in [0.1, 0.15) is 19.8 Å². The fraction of sp³-hybridized carbons (Fsp3) is 0.778. The molecule has 0 aliphatic carbocycles. The van der Waals surface area contributed by atoms with Gasteiger partial charge in [-0.1, -0.05) is 25.1 Å². The summed E-state index contributed by atoms with van der Waals surface area (Å²) < 4.78 is 0. The van der Waals surface area contributed by atoms with Gasteiger partial charge in [-0.25, -0.2) is 4.99 Å². The number of likely N-dealkylation sites (tertiary alicyclic amines) is 1. The Kier molecular flexibility index (Phi) is 2.58. The van der Waals surface area contributed by atoms with Gasteiger partial charge in [0.1, 0.15) is 5.84 Å². The third-order valence-corrected chi connectivity index (χ3v) is 3.73. The molecule has 0 saturated carbocycles. The summed E-state index contributed by atoms with van der Waals surface area (Å²) in [5.41, 5.74) is 0. The van der Waals surface area contributed by atoms with Crippen molar-refractivity contribution in [1.29, 1.82) is 5.41 Å². The summed E-state index contributed by atoms with van der Waals surface area (Å²) in [7, 11) is 0. The second-order valence-corrected chi connectivity index (χ2v) is 4.58. The van der Waals surface area contributed by atoms with Gasteiger partial charge in [0.05, 0.1) is 5.75 Å². The van der Waals surface area contributed by atoms with Gasteiger partial charge in [-0.05, 0) is 12.3 Å². The Balaban J connectivity index is 1.96.